The molecular formula is C68H68N2O11. The first kappa shape index (κ1) is 59.5. The molecule has 0 saturated carbocycles. The molecule has 0 aliphatic rings. The Morgan fingerprint density at radius 3 is 0.926 bits per heavy atom. The van der Waals surface area contributed by atoms with E-state index in [4.69, 9.17) is 38.9 Å². The van der Waals surface area contributed by atoms with Gasteiger partial charge in [-0.15, -0.1) is 0 Å². The third-order valence-electron chi connectivity index (χ3n) is 13.5. The molecule has 0 aliphatic heterocycles. The molecule has 1 N–H and O–H groups in total. The topological polar surface area (TPSA) is 191 Å². The monoisotopic (exact) mass is 1090 g/mol. The van der Waals surface area contributed by atoms with E-state index in [1.807, 2.05) is 48.5 Å². The van der Waals surface area contributed by atoms with Crippen molar-refractivity contribution in [2.75, 3.05) is 26.4 Å². The predicted octanol–water partition coefficient (Wildman–Crippen LogP) is 15.6. The minimum absolute atomic E-state index is 0.102. The zero-order valence-electron chi connectivity index (χ0n) is 45.7. The number of carbonyl (C=O) groups is 4. The average molecular weight is 1090 g/mol. The molecule has 0 saturated heterocycles. The number of nitriles is 2. The largest absolute Gasteiger partial charge is 0.508 e. The highest BCUT2D eigenvalue weighted by atomic mass is 16.5. The van der Waals surface area contributed by atoms with Gasteiger partial charge in [-0.05, 0) is 163 Å². The smallest absolute Gasteiger partial charge is 0.343 e. The normalized spacial score (nSPS) is 10.7. The van der Waals surface area contributed by atoms with Gasteiger partial charge in [0.25, 0.3) is 0 Å². The molecule has 0 unspecified atom stereocenters. The lowest BCUT2D eigenvalue weighted by Crippen LogP contribution is -2.10. The van der Waals surface area contributed by atoms with Crippen LogP contribution in [-0.4, -0.2) is 55.4 Å². The highest BCUT2D eigenvalue weighted by molar-refractivity contribution is 5.96. The van der Waals surface area contributed by atoms with Gasteiger partial charge in [0.1, 0.15) is 28.7 Å². The van der Waals surface area contributed by atoms with Gasteiger partial charge in [-0.25, -0.2) is 19.2 Å². The lowest BCUT2D eigenvalue weighted by molar-refractivity contribution is 0.0493. The average Bonchev–Trinajstić information content (AvgIpc) is 3.51. The summed E-state index contributed by atoms with van der Waals surface area (Å²) in [5.41, 5.74) is 6.09. The second-order valence-corrected chi connectivity index (χ2v) is 19.6. The zero-order valence-corrected chi connectivity index (χ0v) is 45.7. The minimum Gasteiger partial charge on any atom is -0.508 e. The van der Waals surface area contributed by atoms with Crippen LogP contribution in [0.4, 0.5) is 0 Å². The lowest BCUT2D eigenvalue weighted by atomic mass is 10.0. The van der Waals surface area contributed by atoms with Crippen LogP contribution in [0.5, 0.6) is 28.7 Å². The van der Waals surface area contributed by atoms with Gasteiger partial charge >= 0.3 is 23.9 Å². The van der Waals surface area contributed by atoms with Crippen molar-refractivity contribution in [3.8, 4) is 63.1 Å². The van der Waals surface area contributed by atoms with E-state index in [0.717, 1.165) is 125 Å². The summed E-state index contributed by atoms with van der Waals surface area (Å²) in [7, 11) is 0. The molecule has 0 amide bonds. The Balaban J connectivity index is 0.642. The molecule has 0 spiro atoms. The van der Waals surface area contributed by atoms with Crippen molar-refractivity contribution in [2.24, 2.45) is 0 Å². The standard InChI is InChI=1S/C68H68N2O11/c69-48-50-17-21-52(22-18-50)54-25-37-63(38-26-54)80-67(74)56-29-33-61(34-30-56)76-41-13-9-5-1-3-7-11-15-43-78-65(72)58-45-59(47-60(71)46-58)66(73)79-44-16-12-8-4-2-6-10-14-42-77-62-35-31-57(32-36-62)68(75)81-64-39-27-55(28-40-64)53-23-19-51(49-70)20-24-53/h17-40,45-47,71H,1-16,41-44H2. The molecule has 0 heterocycles. The summed E-state index contributed by atoms with van der Waals surface area (Å²) in [5.74, 6) is -0.0470. The fourth-order valence-corrected chi connectivity index (χ4v) is 8.86. The van der Waals surface area contributed by atoms with Crippen LogP contribution < -0.4 is 18.9 Å². The second-order valence-electron chi connectivity index (χ2n) is 19.6. The van der Waals surface area contributed by atoms with Crippen LogP contribution >= 0.6 is 0 Å². The predicted molar refractivity (Wildman–Crippen MR) is 310 cm³/mol. The molecule has 0 atom stereocenters. The molecule has 0 aromatic heterocycles. The van der Waals surface area contributed by atoms with Gasteiger partial charge in [0.05, 0.1) is 71.9 Å². The van der Waals surface area contributed by atoms with Gasteiger partial charge in [0.2, 0.25) is 0 Å². The maximum atomic E-state index is 12.8. The number of nitrogens with zero attached hydrogens (tertiary/aromatic N) is 2. The van der Waals surface area contributed by atoms with E-state index in [0.29, 0.717) is 58.5 Å². The van der Waals surface area contributed by atoms with Crippen LogP contribution in [0.15, 0.2) is 164 Å². The summed E-state index contributed by atoms with van der Waals surface area (Å²) in [5, 5.41) is 28.3. The fraction of sp³-hybridized carbons (Fsp3) is 0.294. The fourth-order valence-electron chi connectivity index (χ4n) is 8.86. The van der Waals surface area contributed by atoms with Crippen molar-refractivity contribution < 1.29 is 52.7 Å². The summed E-state index contributed by atoms with van der Waals surface area (Å²) in [6, 6.07) is 51.1. The van der Waals surface area contributed by atoms with Crippen molar-refractivity contribution in [2.45, 2.75) is 103 Å². The van der Waals surface area contributed by atoms with E-state index >= 15 is 0 Å². The highest BCUT2D eigenvalue weighted by Crippen LogP contribution is 2.27. The summed E-state index contributed by atoms with van der Waals surface area (Å²) in [4.78, 5) is 51.0. The molecule has 416 valence electrons. The maximum absolute atomic E-state index is 12.8. The Morgan fingerprint density at radius 2 is 0.605 bits per heavy atom. The van der Waals surface area contributed by atoms with Gasteiger partial charge in [-0.2, -0.15) is 10.5 Å². The molecule has 7 aromatic rings. The van der Waals surface area contributed by atoms with E-state index in [2.05, 4.69) is 12.1 Å². The highest BCUT2D eigenvalue weighted by Gasteiger charge is 2.16. The van der Waals surface area contributed by atoms with Crippen molar-refractivity contribution in [1.82, 2.24) is 0 Å². The number of esters is 4. The lowest BCUT2D eigenvalue weighted by Gasteiger charge is -2.09. The van der Waals surface area contributed by atoms with Crippen LogP contribution in [0.2, 0.25) is 0 Å². The first-order chi connectivity index (χ1) is 39.6. The molecule has 0 aliphatic carbocycles. The van der Waals surface area contributed by atoms with Crippen molar-refractivity contribution >= 4 is 23.9 Å². The van der Waals surface area contributed by atoms with Crippen LogP contribution in [0.1, 0.15) is 155 Å². The molecule has 7 aromatic carbocycles. The van der Waals surface area contributed by atoms with E-state index in [9.17, 15) is 24.3 Å². The van der Waals surface area contributed by atoms with Crippen LogP contribution in [-0.2, 0) is 9.47 Å². The third-order valence-corrected chi connectivity index (χ3v) is 13.5. The van der Waals surface area contributed by atoms with Crippen LogP contribution in [0, 0.1) is 22.7 Å². The number of hydrogen-bond acceptors (Lipinski definition) is 13. The van der Waals surface area contributed by atoms with E-state index in [1.54, 1.807) is 97.1 Å². The van der Waals surface area contributed by atoms with Crippen molar-refractivity contribution in [3.63, 3.8) is 0 Å². The van der Waals surface area contributed by atoms with Crippen LogP contribution in [0.3, 0.4) is 0 Å². The van der Waals surface area contributed by atoms with Gasteiger partial charge < -0.3 is 33.5 Å². The molecular weight excluding hydrogens is 1020 g/mol. The minimum atomic E-state index is -0.596. The summed E-state index contributed by atoms with van der Waals surface area (Å²) in [6.45, 7) is 1.66. The molecule has 7 rings (SSSR count). The van der Waals surface area contributed by atoms with Gasteiger partial charge in [0.15, 0.2) is 0 Å². The van der Waals surface area contributed by atoms with Gasteiger partial charge in [-0.1, -0.05) is 126 Å². The zero-order chi connectivity index (χ0) is 56.9. The van der Waals surface area contributed by atoms with Gasteiger partial charge in [0, 0.05) is 0 Å². The summed E-state index contributed by atoms with van der Waals surface area (Å²) < 4.78 is 33.8. The van der Waals surface area contributed by atoms with E-state index in [1.165, 1.54) is 18.2 Å². The number of ether oxygens (including phenoxy) is 6. The number of benzene rings is 7. The van der Waals surface area contributed by atoms with Crippen molar-refractivity contribution in [3.05, 3.63) is 197 Å². The Labute approximate surface area is 474 Å². The number of unbranched alkanes of at least 4 members (excludes halogenated alkanes) is 14. The molecule has 0 bridgehead atoms. The van der Waals surface area contributed by atoms with Crippen LogP contribution in [0.25, 0.3) is 22.3 Å². The Hall–Kier alpha value is -9.20. The first-order valence-corrected chi connectivity index (χ1v) is 27.9. The van der Waals surface area contributed by atoms with Gasteiger partial charge in [-0.3, -0.25) is 0 Å². The maximum Gasteiger partial charge on any atom is 0.343 e. The number of carbonyl (C=O) groups excluding carboxylic acids is 4. The third kappa shape index (κ3) is 20.2. The van der Waals surface area contributed by atoms with Crippen molar-refractivity contribution in [1.29, 1.82) is 10.5 Å². The Morgan fingerprint density at radius 1 is 0.321 bits per heavy atom. The Kier molecular flexibility index (Phi) is 24.0. The van der Waals surface area contributed by atoms with E-state index in [-0.39, 0.29) is 30.1 Å². The molecule has 0 radical (unpaired) electrons. The summed E-state index contributed by atoms with van der Waals surface area (Å²) in [6.07, 6.45) is 15.8. The molecule has 13 heteroatoms. The second kappa shape index (κ2) is 32.6. The Bertz CT molecular complexity index is 2970. The first-order valence-electron chi connectivity index (χ1n) is 27.9. The number of phenols is 1. The number of phenolic OH excluding ortho intramolecular Hbond substituents is 1. The number of hydrogen-bond donors (Lipinski definition) is 1. The molecule has 13 nitrogen and oxygen atoms in total. The SMILES string of the molecule is N#Cc1ccc(-c2ccc(OC(=O)c3ccc(OCCCCCCCCCCOC(=O)c4cc(O)cc(C(=O)OCCCCCCCCCCOc5ccc(C(=O)Oc6ccc(-c7ccc(C#N)cc7)cc6)cc5)c4)cc3)cc2)cc1. The summed E-state index contributed by atoms with van der Waals surface area (Å²) >= 11 is 0. The quantitative estimate of drug-likeness (QED) is 0.0238. The molecule has 81 heavy (non-hydrogen) atoms. The number of aromatic hydroxyl groups is 1. The number of rotatable bonds is 32. The van der Waals surface area contributed by atoms with E-state index < -0.39 is 23.9 Å². The molecule has 0 fully saturated rings.